The predicted octanol–water partition coefficient (Wildman–Crippen LogP) is 4.81. The zero-order chi connectivity index (χ0) is 14.9. The quantitative estimate of drug-likeness (QED) is 0.632. The number of rotatable bonds is 4. The van der Waals surface area contributed by atoms with Gasteiger partial charge in [-0.25, -0.2) is 4.79 Å². The molecular weight excluding hydrogens is 345 g/mol. The molecule has 9 heteroatoms. The maximum Gasteiger partial charge on any atom is 0.346 e. The second kappa shape index (κ2) is 6.01. The number of nitrogens with zero attached hydrogens (tertiary/aromatic N) is 1. The van der Waals surface area contributed by atoms with Crippen molar-refractivity contribution < 1.29 is 14.8 Å². The molecular formula is C11H5Cl2NO4S2. The second-order valence-electron chi connectivity index (χ2n) is 3.50. The molecule has 1 aromatic carbocycles. The first-order valence-corrected chi connectivity index (χ1v) is 7.42. The smallest absolute Gasteiger partial charge is 0.346 e. The van der Waals surface area contributed by atoms with Crippen molar-refractivity contribution in [1.82, 2.24) is 0 Å². The molecule has 20 heavy (non-hydrogen) atoms. The van der Waals surface area contributed by atoms with Crippen molar-refractivity contribution in [2.45, 2.75) is 9.10 Å². The SMILES string of the molecule is O=C(O)c1cc([N+](=O)[O-])c(Sc2cccc(Cl)c2Cl)s1. The summed E-state index contributed by atoms with van der Waals surface area (Å²) in [5, 5.41) is 20.5. The van der Waals surface area contributed by atoms with E-state index < -0.39 is 10.9 Å². The normalized spacial score (nSPS) is 10.5. The molecule has 1 heterocycles. The molecule has 0 saturated carbocycles. The molecule has 0 amide bonds. The molecule has 1 N–H and O–H groups in total. The Balaban J connectivity index is 2.45. The summed E-state index contributed by atoms with van der Waals surface area (Å²) in [6.07, 6.45) is 0. The van der Waals surface area contributed by atoms with Crippen LogP contribution in [-0.2, 0) is 0 Å². The summed E-state index contributed by atoms with van der Waals surface area (Å²) in [6.45, 7) is 0. The van der Waals surface area contributed by atoms with Crippen molar-refractivity contribution in [2.24, 2.45) is 0 Å². The van der Waals surface area contributed by atoms with Gasteiger partial charge < -0.3 is 5.11 Å². The Labute approximate surface area is 131 Å². The van der Waals surface area contributed by atoms with E-state index in [1.807, 2.05) is 0 Å². The lowest BCUT2D eigenvalue weighted by Crippen LogP contribution is -1.91. The first-order valence-electron chi connectivity index (χ1n) is 5.03. The summed E-state index contributed by atoms with van der Waals surface area (Å²) in [5.74, 6) is -1.21. The molecule has 0 spiro atoms. The summed E-state index contributed by atoms with van der Waals surface area (Å²) in [7, 11) is 0. The van der Waals surface area contributed by atoms with Crippen LogP contribution >= 0.6 is 46.3 Å². The van der Waals surface area contributed by atoms with Crippen molar-refractivity contribution in [1.29, 1.82) is 0 Å². The maximum absolute atomic E-state index is 10.9. The van der Waals surface area contributed by atoms with Crippen LogP contribution in [-0.4, -0.2) is 16.0 Å². The minimum Gasteiger partial charge on any atom is -0.477 e. The van der Waals surface area contributed by atoms with Gasteiger partial charge in [-0.2, -0.15) is 0 Å². The minimum atomic E-state index is -1.21. The van der Waals surface area contributed by atoms with E-state index in [9.17, 15) is 14.9 Å². The van der Waals surface area contributed by atoms with Crippen LogP contribution in [0.2, 0.25) is 10.0 Å². The van der Waals surface area contributed by atoms with E-state index in [0.29, 0.717) is 9.92 Å². The number of carboxylic acid groups (broad SMARTS) is 1. The fraction of sp³-hybridized carbons (Fsp3) is 0. The van der Waals surface area contributed by atoms with Gasteiger partial charge in [0.25, 0.3) is 5.69 Å². The topological polar surface area (TPSA) is 80.4 Å². The van der Waals surface area contributed by atoms with Crippen LogP contribution in [0.3, 0.4) is 0 Å². The molecule has 1 aromatic heterocycles. The number of nitro groups is 1. The van der Waals surface area contributed by atoms with Gasteiger partial charge in [0.05, 0.1) is 15.0 Å². The number of carboxylic acids is 1. The van der Waals surface area contributed by atoms with Gasteiger partial charge in [0, 0.05) is 11.0 Å². The van der Waals surface area contributed by atoms with Crippen molar-refractivity contribution in [2.75, 3.05) is 0 Å². The van der Waals surface area contributed by atoms with Gasteiger partial charge in [-0.05, 0) is 12.1 Å². The lowest BCUT2D eigenvalue weighted by Gasteiger charge is -2.03. The molecule has 0 fully saturated rings. The number of hydrogen-bond donors (Lipinski definition) is 1. The van der Waals surface area contributed by atoms with E-state index in [2.05, 4.69) is 0 Å². The summed E-state index contributed by atoms with van der Waals surface area (Å²) in [5.41, 5.74) is -0.256. The van der Waals surface area contributed by atoms with Gasteiger partial charge in [-0.15, -0.1) is 11.3 Å². The third kappa shape index (κ3) is 3.06. The van der Waals surface area contributed by atoms with Gasteiger partial charge in [0.15, 0.2) is 0 Å². The molecule has 5 nitrogen and oxygen atoms in total. The molecule has 0 radical (unpaired) electrons. The van der Waals surface area contributed by atoms with Gasteiger partial charge in [0.1, 0.15) is 9.09 Å². The Morgan fingerprint density at radius 2 is 2.10 bits per heavy atom. The van der Waals surface area contributed by atoms with Crippen LogP contribution in [0.4, 0.5) is 5.69 Å². The van der Waals surface area contributed by atoms with Gasteiger partial charge in [-0.3, -0.25) is 10.1 Å². The van der Waals surface area contributed by atoms with Crippen LogP contribution in [0.15, 0.2) is 33.4 Å². The predicted molar refractivity (Wildman–Crippen MR) is 78.5 cm³/mol. The third-order valence-electron chi connectivity index (χ3n) is 2.21. The lowest BCUT2D eigenvalue weighted by molar-refractivity contribution is -0.387. The molecule has 0 saturated heterocycles. The monoisotopic (exact) mass is 349 g/mol. The van der Waals surface area contributed by atoms with Crippen molar-refractivity contribution >= 4 is 58.0 Å². The molecule has 104 valence electrons. The molecule has 0 aliphatic rings. The van der Waals surface area contributed by atoms with E-state index >= 15 is 0 Å². The number of hydrogen-bond acceptors (Lipinski definition) is 5. The maximum atomic E-state index is 10.9. The number of carbonyl (C=O) groups is 1. The minimum absolute atomic E-state index is 0.0997. The fourth-order valence-electron chi connectivity index (χ4n) is 1.33. The van der Waals surface area contributed by atoms with Crippen LogP contribution in [0.5, 0.6) is 0 Å². The Morgan fingerprint density at radius 1 is 1.40 bits per heavy atom. The molecule has 0 unspecified atom stereocenters. The number of aromatic carboxylic acids is 1. The van der Waals surface area contributed by atoms with Crippen LogP contribution < -0.4 is 0 Å². The van der Waals surface area contributed by atoms with E-state index in [-0.39, 0.29) is 19.8 Å². The molecule has 0 aliphatic heterocycles. The van der Waals surface area contributed by atoms with E-state index in [0.717, 1.165) is 29.2 Å². The largest absolute Gasteiger partial charge is 0.477 e. The van der Waals surface area contributed by atoms with Crippen LogP contribution in [0, 0.1) is 10.1 Å². The second-order valence-corrected chi connectivity index (χ2v) is 6.65. The number of benzene rings is 1. The van der Waals surface area contributed by atoms with E-state index in [4.69, 9.17) is 28.3 Å². The molecule has 0 atom stereocenters. The van der Waals surface area contributed by atoms with Crippen molar-refractivity contribution in [3.63, 3.8) is 0 Å². The Bertz CT molecular complexity index is 702. The average Bonchev–Trinajstić information content (AvgIpc) is 2.79. The van der Waals surface area contributed by atoms with Crippen molar-refractivity contribution in [3.8, 4) is 0 Å². The molecule has 2 rings (SSSR count). The zero-order valence-corrected chi connectivity index (χ0v) is 12.6. The summed E-state index contributed by atoms with van der Waals surface area (Å²) < 4.78 is 0.247. The highest BCUT2D eigenvalue weighted by Crippen LogP contribution is 2.44. The first kappa shape index (κ1) is 15.1. The Kier molecular flexibility index (Phi) is 4.54. The van der Waals surface area contributed by atoms with Crippen molar-refractivity contribution in [3.05, 3.63) is 49.3 Å². The molecule has 2 aromatic rings. The zero-order valence-electron chi connectivity index (χ0n) is 9.50. The highest BCUT2D eigenvalue weighted by Gasteiger charge is 2.23. The van der Waals surface area contributed by atoms with Crippen LogP contribution in [0.25, 0.3) is 0 Å². The Morgan fingerprint density at radius 3 is 2.70 bits per heavy atom. The van der Waals surface area contributed by atoms with Gasteiger partial charge in [0.2, 0.25) is 0 Å². The standard InChI is InChI=1S/C11H5Cl2NO4S2/c12-5-2-1-3-7(9(5)13)19-11-6(14(17)18)4-8(20-11)10(15)16/h1-4H,(H,15,16). The fourth-order valence-corrected chi connectivity index (χ4v) is 3.99. The summed E-state index contributed by atoms with van der Waals surface area (Å²) >= 11 is 13.7. The molecule has 0 aliphatic carbocycles. The average molecular weight is 350 g/mol. The summed E-state index contributed by atoms with van der Waals surface area (Å²) in [4.78, 5) is 21.6. The molecule has 0 bridgehead atoms. The lowest BCUT2D eigenvalue weighted by atomic mass is 10.4. The van der Waals surface area contributed by atoms with E-state index in [1.54, 1.807) is 18.2 Å². The highest BCUT2D eigenvalue weighted by molar-refractivity contribution is 8.01. The summed E-state index contributed by atoms with van der Waals surface area (Å²) in [6, 6.07) is 5.95. The first-order chi connectivity index (χ1) is 9.40. The number of halogens is 2. The number of thiophene rings is 1. The van der Waals surface area contributed by atoms with E-state index in [1.165, 1.54) is 0 Å². The van der Waals surface area contributed by atoms with Crippen LogP contribution in [0.1, 0.15) is 9.67 Å². The third-order valence-corrected chi connectivity index (χ3v) is 5.50. The Hall–Kier alpha value is -1.28. The van der Waals surface area contributed by atoms with Gasteiger partial charge >= 0.3 is 5.97 Å². The van der Waals surface area contributed by atoms with Gasteiger partial charge in [-0.1, -0.05) is 41.0 Å². The highest BCUT2D eigenvalue weighted by atomic mass is 35.5.